The van der Waals surface area contributed by atoms with Gasteiger partial charge in [-0.2, -0.15) is 0 Å². The highest BCUT2D eigenvalue weighted by Gasteiger charge is 2.03. The van der Waals surface area contributed by atoms with Crippen LogP contribution in [-0.2, 0) is 11.2 Å². The Balaban J connectivity index is 1.66. The minimum atomic E-state index is -0.320. The summed E-state index contributed by atoms with van der Waals surface area (Å²) in [6.07, 6.45) is 0.800. The molecule has 0 radical (unpaired) electrons. The van der Waals surface area contributed by atoms with Crippen LogP contribution in [0.2, 0.25) is 0 Å². The van der Waals surface area contributed by atoms with Crippen molar-refractivity contribution in [1.82, 2.24) is 10.3 Å². The molecule has 0 aliphatic heterocycles. The third-order valence-corrected chi connectivity index (χ3v) is 3.46. The predicted molar refractivity (Wildman–Crippen MR) is 78.5 cm³/mol. The number of nitrogens with one attached hydrogen (secondary N) is 2. The molecule has 0 saturated heterocycles. The fraction of sp³-hybridized carbons (Fsp3) is 0.286. The number of aryl methyl sites for hydroxylation is 1. The van der Waals surface area contributed by atoms with Gasteiger partial charge in [-0.15, -0.1) is 11.3 Å². The predicted octanol–water partition coefficient (Wildman–Crippen LogP) is 2.36. The van der Waals surface area contributed by atoms with E-state index in [1.165, 1.54) is 24.3 Å². The lowest BCUT2D eigenvalue weighted by molar-refractivity contribution is -0.115. The molecular formula is C14H16FN3OS. The van der Waals surface area contributed by atoms with E-state index in [1.807, 2.05) is 12.3 Å². The SMILES string of the molecule is Cc1nc(CCNCC(=O)Nc2ccc(F)cc2)cs1. The molecule has 0 spiro atoms. The summed E-state index contributed by atoms with van der Waals surface area (Å²) < 4.78 is 12.7. The summed E-state index contributed by atoms with van der Waals surface area (Å²) in [6.45, 7) is 2.89. The van der Waals surface area contributed by atoms with Crippen LogP contribution in [-0.4, -0.2) is 24.0 Å². The maximum absolute atomic E-state index is 12.7. The zero-order valence-electron chi connectivity index (χ0n) is 11.1. The molecule has 1 aromatic heterocycles. The van der Waals surface area contributed by atoms with Gasteiger partial charge in [0.2, 0.25) is 5.91 Å². The summed E-state index contributed by atoms with van der Waals surface area (Å²) in [5.74, 6) is -0.467. The average Bonchev–Trinajstić information content (AvgIpc) is 2.83. The molecule has 0 saturated carbocycles. The van der Waals surface area contributed by atoms with Crippen molar-refractivity contribution in [2.24, 2.45) is 0 Å². The third kappa shape index (κ3) is 4.71. The lowest BCUT2D eigenvalue weighted by Gasteiger charge is -2.06. The van der Waals surface area contributed by atoms with Crippen molar-refractivity contribution in [1.29, 1.82) is 0 Å². The highest BCUT2D eigenvalue weighted by molar-refractivity contribution is 7.09. The van der Waals surface area contributed by atoms with Crippen molar-refractivity contribution in [3.8, 4) is 0 Å². The van der Waals surface area contributed by atoms with E-state index >= 15 is 0 Å². The van der Waals surface area contributed by atoms with Gasteiger partial charge in [0.1, 0.15) is 5.82 Å². The number of amides is 1. The van der Waals surface area contributed by atoms with Crippen molar-refractivity contribution < 1.29 is 9.18 Å². The van der Waals surface area contributed by atoms with E-state index in [9.17, 15) is 9.18 Å². The van der Waals surface area contributed by atoms with Gasteiger partial charge >= 0.3 is 0 Å². The number of thiazole rings is 1. The second-order valence-electron chi connectivity index (χ2n) is 4.34. The highest BCUT2D eigenvalue weighted by atomic mass is 32.1. The van der Waals surface area contributed by atoms with E-state index in [-0.39, 0.29) is 18.3 Å². The zero-order valence-corrected chi connectivity index (χ0v) is 12.0. The molecular weight excluding hydrogens is 277 g/mol. The molecule has 2 aromatic rings. The molecule has 6 heteroatoms. The average molecular weight is 293 g/mol. The van der Waals surface area contributed by atoms with Crippen LogP contribution in [0, 0.1) is 12.7 Å². The summed E-state index contributed by atoms with van der Waals surface area (Å²) in [4.78, 5) is 16.0. The molecule has 0 aliphatic rings. The molecule has 2 N–H and O–H groups in total. The van der Waals surface area contributed by atoms with Crippen molar-refractivity contribution in [3.63, 3.8) is 0 Å². The molecule has 0 fully saturated rings. The number of carbonyl (C=O) groups excluding carboxylic acids is 1. The van der Waals surface area contributed by atoms with Gasteiger partial charge in [0, 0.05) is 24.0 Å². The Labute approximate surface area is 121 Å². The van der Waals surface area contributed by atoms with Crippen LogP contribution >= 0.6 is 11.3 Å². The Kier molecular flexibility index (Phi) is 5.20. The van der Waals surface area contributed by atoms with Crippen LogP contribution in [0.3, 0.4) is 0 Å². The fourth-order valence-electron chi connectivity index (χ4n) is 1.68. The summed E-state index contributed by atoms with van der Waals surface area (Å²) in [5, 5.41) is 8.82. The molecule has 0 bridgehead atoms. The Morgan fingerprint density at radius 3 is 2.75 bits per heavy atom. The van der Waals surface area contributed by atoms with Gasteiger partial charge in [0.25, 0.3) is 0 Å². The smallest absolute Gasteiger partial charge is 0.238 e. The highest BCUT2D eigenvalue weighted by Crippen LogP contribution is 2.08. The number of aromatic nitrogens is 1. The van der Waals surface area contributed by atoms with Crippen molar-refractivity contribution in [2.45, 2.75) is 13.3 Å². The molecule has 106 valence electrons. The van der Waals surface area contributed by atoms with E-state index in [1.54, 1.807) is 11.3 Å². The topological polar surface area (TPSA) is 54.0 Å². The second-order valence-corrected chi connectivity index (χ2v) is 5.40. The number of benzene rings is 1. The van der Waals surface area contributed by atoms with Crippen LogP contribution in [0.4, 0.5) is 10.1 Å². The summed E-state index contributed by atoms with van der Waals surface area (Å²) >= 11 is 1.62. The first-order valence-electron chi connectivity index (χ1n) is 6.30. The molecule has 1 heterocycles. The van der Waals surface area contributed by atoms with Gasteiger partial charge in [-0.3, -0.25) is 4.79 Å². The normalized spacial score (nSPS) is 10.5. The summed E-state index contributed by atoms with van der Waals surface area (Å²) in [6, 6.07) is 5.69. The largest absolute Gasteiger partial charge is 0.325 e. The van der Waals surface area contributed by atoms with Crippen LogP contribution in [0.5, 0.6) is 0 Å². The lowest BCUT2D eigenvalue weighted by Crippen LogP contribution is -2.29. The first-order valence-corrected chi connectivity index (χ1v) is 7.18. The molecule has 1 aromatic carbocycles. The van der Waals surface area contributed by atoms with Crippen molar-refractivity contribution in [2.75, 3.05) is 18.4 Å². The van der Waals surface area contributed by atoms with Gasteiger partial charge in [0.05, 0.1) is 17.2 Å². The molecule has 20 heavy (non-hydrogen) atoms. The quantitative estimate of drug-likeness (QED) is 0.804. The van der Waals surface area contributed by atoms with E-state index in [0.29, 0.717) is 12.2 Å². The second kappa shape index (κ2) is 7.12. The Hall–Kier alpha value is -1.79. The third-order valence-electron chi connectivity index (χ3n) is 2.64. The van der Waals surface area contributed by atoms with Gasteiger partial charge < -0.3 is 10.6 Å². The van der Waals surface area contributed by atoms with Crippen molar-refractivity contribution in [3.05, 3.63) is 46.2 Å². The number of hydrogen-bond donors (Lipinski definition) is 2. The molecule has 0 unspecified atom stereocenters. The number of nitrogens with zero attached hydrogens (tertiary/aromatic N) is 1. The Morgan fingerprint density at radius 1 is 1.35 bits per heavy atom. The minimum absolute atomic E-state index is 0.147. The van der Waals surface area contributed by atoms with E-state index in [2.05, 4.69) is 15.6 Å². The van der Waals surface area contributed by atoms with Gasteiger partial charge in [-0.1, -0.05) is 0 Å². The fourth-order valence-corrected chi connectivity index (χ4v) is 2.33. The Bertz CT molecular complexity index is 568. The number of anilines is 1. The summed E-state index contributed by atoms with van der Waals surface area (Å²) in [5.41, 5.74) is 1.63. The number of hydrogen-bond acceptors (Lipinski definition) is 4. The lowest BCUT2D eigenvalue weighted by atomic mass is 10.3. The number of carbonyl (C=O) groups is 1. The zero-order chi connectivity index (χ0) is 14.4. The standard InChI is InChI=1S/C14H16FN3OS/c1-10-17-13(9-20-10)6-7-16-8-14(19)18-12-4-2-11(15)3-5-12/h2-5,9,16H,6-8H2,1H3,(H,18,19). The van der Waals surface area contributed by atoms with E-state index < -0.39 is 0 Å². The van der Waals surface area contributed by atoms with E-state index in [0.717, 1.165) is 17.1 Å². The number of rotatable bonds is 6. The molecule has 1 amide bonds. The molecule has 4 nitrogen and oxygen atoms in total. The summed E-state index contributed by atoms with van der Waals surface area (Å²) in [7, 11) is 0. The van der Waals surface area contributed by atoms with Gasteiger partial charge in [-0.25, -0.2) is 9.37 Å². The number of halogens is 1. The molecule has 0 atom stereocenters. The Morgan fingerprint density at radius 2 is 2.10 bits per heavy atom. The monoisotopic (exact) mass is 293 g/mol. The first-order chi connectivity index (χ1) is 9.63. The van der Waals surface area contributed by atoms with E-state index in [4.69, 9.17) is 0 Å². The maximum atomic E-state index is 12.7. The first kappa shape index (κ1) is 14.6. The van der Waals surface area contributed by atoms with Gasteiger partial charge in [-0.05, 0) is 31.2 Å². The van der Waals surface area contributed by atoms with Crippen LogP contribution in [0.15, 0.2) is 29.6 Å². The maximum Gasteiger partial charge on any atom is 0.238 e. The van der Waals surface area contributed by atoms with Crippen LogP contribution in [0.25, 0.3) is 0 Å². The van der Waals surface area contributed by atoms with Crippen LogP contribution < -0.4 is 10.6 Å². The van der Waals surface area contributed by atoms with Crippen LogP contribution in [0.1, 0.15) is 10.7 Å². The van der Waals surface area contributed by atoms with Gasteiger partial charge in [0.15, 0.2) is 0 Å². The minimum Gasteiger partial charge on any atom is -0.325 e. The molecule has 0 aliphatic carbocycles. The molecule has 2 rings (SSSR count). The van der Waals surface area contributed by atoms with Crippen molar-refractivity contribution >= 4 is 22.9 Å².